The fourth-order valence-electron chi connectivity index (χ4n) is 1.96. The Kier molecular flexibility index (Phi) is 5.89. The van der Waals surface area contributed by atoms with Gasteiger partial charge in [0.05, 0.1) is 3.79 Å². The second-order valence-corrected chi connectivity index (χ2v) is 7.43. The average molecular weight is 344 g/mol. The molecular weight excluding hydrogens is 326 g/mol. The first-order chi connectivity index (χ1) is 8.79. The van der Waals surface area contributed by atoms with E-state index in [9.17, 15) is 0 Å². The van der Waals surface area contributed by atoms with Gasteiger partial charge in [-0.25, -0.2) is 0 Å². The number of hydrogen-bond donors (Lipinski definition) is 1. The highest BCUT2D eigenvalue weighted by atomic mass is 79.9. The molecule has 2 aromatic heterocycles. The van der Waals surface area contributed by atoms with Crippen LogP contribution < -0.4 is 5.32 Å². The van der Waals surface area contributed by atoms with Crippen molar-refractivity contribution in [3.8, 4) is 0 Å². The molecule has 2 rings (SSSR count). The zero-order chi connectivity index (χ0) is 12.8. The summed E-state index contributed by atoms with van der Waals surface area (Å²) < 4.78 is 1.22. The Morgan fingerprint density at radius 1 is 1.39 bits per heavy atom. The molecule has 0 aliphatic carbocycles. The molecule has 2 aromatic rings. The molecule has 0 amide bonds. The first kappa shape index (κ1) is 14.3. The molecule has 0 saturated carbocycles. The summed E-state index contributed by atoms with van der Waals surface area (Å²) in [6.45, 7) is 3.30. The van der Waals surface area contributed by atoms with E-state index in [4.69, 9.17) is 0 Å². The smallest absolute Gasteiger partial charge is 0.0701 e. The summed E-state index contributed by atoms with van der Waals surface area (Å²) in [5.74, 6) is 0. The van der Waals surface area contributed by atoms with Crippen molar-refractivity contribution >= 4 is 38.6 Å². The van der Waals surface area contributed by atoms with Crippen LogP contribution in [0.4, 0.5) is 0 Å². The lowest BCUT2D eigenvalue weighted by atomic mass is 10.0. The number of thiophene rings is 2. The third-order valence-corrected chi connectivity index (χ3v) is 5.19. The van der Waals surface area contributed by atoms with Crippen molar-refractivity contribution in [3.63, 3.8) is 0 Å². The van der Waals surface area contributed by atoms with Crippen LogP contribution in [0.1, 0.15) is 36.9 Å². The van der Waals surface area contributed by atoms with E-state index >= 15 is 0 Å². The average Bonchev–Trinajstić information content (AvgIpc) is 3.01. The quantitative estimate of drug-likeness (QED) is 0.724. The Morgan fingerprint density at radius 2 is 2.28 bits per heavy atom. The predicted octanol–water partition coefficient (Wildman–Crippen LogP) is 5.25. The van der Waals surface area contributed by atoms with Crippen LogP contribution in [0.5, 0.6) is 0 Å². The van der Waals surface area contributed by atoms with Crippen LogP contribution in [0.15, 0.2) is 32.1 Å². The Hall–Kier alpha value is -0.160. The van der Waals surface area contributed by atoms with Gasteiger partial charge in [-0.2, -0.15) is 11.3 Å². The zero-order valence-corrected chi connectivity index (χ0v) is 13.7. The lowest BCUT2D eigenvalue weighted by Crippen LogP contribution is -2.22. The molecule has 0 bridgehead atoms. The summed E-state index contributed by atoms with van der Waals surface area (Å²) in [7, 11) is 0. The Labute approximate surface area is 125 Å². The molecule has 1 atom stereocenters. The number of rotatable bonds is 7. The molecule has 18 heavy (non-hydrogen) atoms. The van der Waals surface area contributed by atoms with E-state index in [1.54, 1.807) is 22.7 Å². The van der Waals surface area contributed by atoms with Gasteiger partial charge in [0.2, 0.25) is 0 Å². The van der Waals surface area contributed by atoms with Gasteiger partial charge < -0.3 is 5.32 Å². The van der Waals surface area contributed by atoms with Crippen LogP contribution >= 0.6 is 38.6 Å². The molecule has 0 saturated heterocycles. The molecule has 0 spiro atoms. The predicted molar refractivity (Wildman–Crippen MR) is 85.7 cm³/mol. The van der Waals surface area contributed by atoms with Crippen molar-refractivity contribution in [2.24, 2.45) is 0 Å². The van der Waals surface area contributed by atoms with Gasteiger partial charge in [-0.1, -0.05) is 6.92 Å². The first-order valence-corrected chi connectivity index (χ1v) is 8.89. The van der Waals surface area contributed by atoms with E-state index in [0.29, 0.717) is 6.04 Å². The summed E-state index contributed by atoms with van der Waals surface area (Å²) in [6.07, 6.45) is 3.50. The van der Waals surface area contributed by atoms with E-state index < -0.39 is 0 Å². The standard InChI is InChI=1S/C14H18BrNS2/c1-2-6-16-13(12-8-14(15)18-10-12)4-3-11-5-7-17-9-11/h5,7-10,13,16H,2-4,6H2,1H3. The van der Waals surface area contributed by atoms with Crippen LogP contribution in [0.3, 0.4) is 0 Å². The van der Waals surface area contributed by atoms with Gasteiger partial charge in [0.15, 0.2) is 0 Å². The second-order valence-electron chi connectivity index (χ2n) is 4.36. The topological polar surface area (TPSA) is 12.0 Å². The van der Waals surface area contributed by atoms with E-state index in [1.165, 1.54) is 27.8 Å². The normalized spacial score (nSPS) is 12.8. The molecular formula is C14H18BrNS2. The van der Waals surface area contributed by atoms with E-state index in [1.807, 2.05) is 0 Å². The molecule has 1 unspecified atom stereocenters. The summed E-state index contributed by atoms with van der Waals surface area (Å²) in [5, 5.41) is 10.3. The van der Waals surface area contributed by atoms with Crippen LogP contribution in [0.2, 0.25) is 0 Å². The van der Waals surface area contributed by atoms with Gasteiger partial charge in [0, 0.05) is 6.04 Å². The first-order valence-electron chi connectivity index (χ1n) is 6.28. The number of nitrogens with one attached hydrogen (secondary N) is 1. The van der Waals surface area contributed by atoms with Gasteiger partial charge in [0.25, 0.3) is 0 Å². The van der Waals surface area contributed by atoms with Crippen molar-refractivity contribution in [1.82, 2.24) is 5.32 Å². The van der Waals surface area contributed by atoms with E-state index in [-0.39, 0.29) is 0 Å². The molecule has 98 valence electrons. The fraction of sp³-hybridized carbons (Fsp3) is 0.429. The molecule has 1 nitrogen and oxygen atoms in total. The van der Waals surface area contributed by atoms with Gasteiger partial charge in [-0.3, -0.25) is 0 Å². The number of aryl methyl sites for hydroxylation is 1. The minimum absolute atomic E-state index is 0.479. The van der Waals surface area contributed by atoms with E-state index in [2.05, 4.69) is 56.4 Å². The zero-order valence-electron chi connectivity index (χ0n) is 10.5. The molecule has 0 aromatic carbocycles. The summed E-state index contributed by atoms with van der Waals surface area (Å²) in [6, 6.07) is 4.95. The van der Waals surface area contributed by atoms with E-state index in [0.717, 1.165) is 13.0 Å². The highest BCUT2D eigenvalue weighted by Crippen LogP contribution is 2.28. The van der Waals surface area contributed by atoms with Crippen molar-refractivity contribution in [2.45, 2.75) is 32.2 Å². The van der Waals surface area contributed by atoms with Gasteiger partial charge >= 0.3 is 0 Å². The van der Waals surface area contributed by atoms with Gasteiger partial charge in [-0.15, -0.1) is 11.3 Å². The largest absolute Gasteiger partial charge is 0.310 e. The van der Waals surface area contributed by atoms with Crippen molar-refractivity contribution in [1.29, 1.82) is 0 Å². The Bertz CT molecular complexity index is 450. The highest BCUT2D eigenvalue weighted by molar-refractivity contribution is 9.11. The highest BCUT2D eigenvalue weighted by Gasteiger charge is 2.12. The van der Waals surface area contributed by atoms with Crippen molar-refractivity contribution < 1.29 is 0 Å². The lowest BCUT2D eigenvalue weighted by Gasteiger charge is -2.17. The summed E-state index contributed by atoms with van der Waals surface area (Å²) in [5.41, 5.74) is 2.87. The maximum atomic E-state index is 3.65. The molecule has 0 radical (unpaired) electrons. The van der Waals surface area contributed by atoms with Crippen LogP contribution in [0.25, 0.3) is 0 Å². The molecule has 1 N–H and O–H groups in total. The minimum atomic E-state index is 0.479. The van der Waals surface area contributed by atoms with Gasteiger partial charge in [0.1, 0.15) is 0 Å². The molecule has 0 aliphatic heterocycles. The maximum absolute atomic E-state index is 3.65. The third kappa shape index (κ3) is 4.19. The molecule has 2 heterocycles. The molecule has 0 aliphatic rings. The van der Waals surface area contributed by atoms with Crippen LogP contribution in [-0.4, -0.2) is 6.54 Å². The lowest BCUT2D eigenvalue weighted by molar-refractivity contribution is 0.500. The Morgan fingerprint density at radius 3 is 2.89 bits per heavy atom. The Balaban J connectivity index is 1.96. The molecule has 4 heteroatoms. The minimum Gasteiger partial charge on any atom is -0.310 e. The third-order valence-electron chi connectivity index (χ3n) is 2.93. The van der Waals surface area contributed by atoms with Crippen molar-refractivity contribution in [2.75, 3.05) is 6.54 Å². The van der Waals surface area contributed by atoms with Crippen molar-refractivity contribution in [3.05, 3.63) is 43.2 Å². The fourth-order valence-corrected chi connectivity index (χ4v) is 3.89. The molecule has 0 fully saturated rings. The SMILES string of the molecule is CCCNC(CCc1ccsc1)c1csc(Br)c1. The summed E-state index contributed by atoms with van der Waals surface area (Å²) in [4.78, 5) is 0. The number of hydrogen-bond acceptors (Lipinski definition) is 3. The van der Waals surface area contributed by atoms with Gasteiger partial charge in [-0.05, 0) is 81.1 Å². The second kappa shape index (κ2) is 7.43. The summed E-state index contributed by atoms with van der Waals surface area (Å²) >= 11 is 7.10. The van der Waals surface area contributed by atoms with Crippen LogP contribution in [0, 0.1) is 0 Å². The number of halogens is 1. The maximum Gasteiger partial charge on any atom is 0.0701 e. The monoisotopic (exact) mass is 343 g/mol. The van der Waals surface area contributed by atoms with Crippen LogP contribution in [-0.2, 0) is 6.42 Å².